The zero-order valence-electron chi connectivity index (χ0n) is 15.4. The Hall–Kier alpha value is -2.61. The predicted octanol–water partition coefficient (Wildman–Crippen LogP) is 5.14. The maximum atomic E-state index is 14.1. The molecule has 30 heavy (non-hydrogen) atoms. The van der Waals surface area contributed by atoms with Crippen molar-refractivity contribution >= 4 is 52.0 Å². The topological polar surface area (TPSA) is 58.6 Å². The van der Waals surface area contributed by atoms with E-state index in [1.165, 1.54) is 40.5 Å². The first kappa shape index (κ1) is 20.7. The van der Waals surface area contributed by atoms with Crippen molar-refractivity contribution in [2.75, 3.05) is 18.5 Å². The number of halogens is 3. The molecular formula is C21H15Cl2FN2O3S. The lowest BCUT2D eigenvalue weighted by atomic mass is 10.0. The molecule has 2 amide bonds. The summed E-state index contributed by atoms with van der Waals surface area (Å²) in [6, 6.07) is 11.8. The highest BCUT2D eigenvalue weighted by Gasteiger charge is 2.34. The lowest BCUT2D eigenvalue weighted by Crippen LogP contribution is -2.41. The minimum atomic E-state index is -0.633. The number of ether oxygens (including phenoxy) is 1. The molecule has 0 fully saturated rings. The van der Waals surface area contributed by atoms with E-state index in [4.69, 9.17) is 27.9 Å². The maximum absolute atomic E-state index is 14.1. The summed E-state index contributed by atoms with van der Waals surface area (Å²) in [6.45, 7) is -0.545. The quantitative estimate of drug-likeness (QED) is 0.581. The van der Waals surface area contributed by atoms with Crippen molar-refractivity contribution in [2.45, 2.75) is 6.04 Å². The van der Waals surface area contributed by atoms with E-state index in [2.05, 4.69) is 5.32 Å². The van der Waals surface area contributed by atoms with Gasteiger partial charge in [0.2, 0.25) is 5.91 Å². The minimum Gasteiger partial charge on any atom is -0.482 e. The van der Waals surface area contributed by atoms with E-state index < -0.39 is 17.8 Å². The van der Waals surface area contributed by atoms with Gasteiger partial charge in [0, 0.05) is 21.2 Å². The van der Waals surface area contributed by atoms with Gasteiger partial charge in [-0.25, -0.2) is 4.39 Å². The Morgan fingerprint density at radius 3 is 2.80 bits per heavy atom. The maximum Gasteiger partial charge on any atom is 0.261 e. The third-order valence-corrected chi connectivity index (χ3v) is 6.04. The van der Waals surface area contributed by atoms with Crippen LogP contribution in [0.25, 0.3) is 0 Å². The van der Waals surface area contributed by atoms with Crippen molar-refractivity contribution < 1.29 is 18.7 Å². The lowest BCUT2D eigenvalue weighted by molar-refractivity contribution is -0.138. The molecule has 0 aliphatic carbocycles. The Kier molecular flexibility index (Phi) is 5.94. The molecule has 0 bridgehead atoms. The second-order valence-electron chi connectivity index (χ2n) is 6.58. The molecule has 9 heteroatoms. The molecule has 2 heterocycles. The van der Waals surface area contributed by atoms with Gasteiger partial charge in [0.1, 0.15) is 18.1 Å². The molecule has 1 aromatic heterocycles. The molecule has 0 radical (unpaired) electrons. The summed E-state index contributed by atoms with van der Waals surface area (Å²) in [6.07, 6.45) is 0. The second kappa shape index (κ2) is 8.63. The van der Waals surface area contributed by atoms with Gasteiger partial charge in [-0.1, -0.05) is 29.3 Å². The van der Waals surface area contributed by atoms with E-state index in [9.17, 15) is 14.0 Å². The lowest BCUT2D eigenvalue weighted by Gasteiger charge is -2.29. The van der Waals surface area contributed by atoms with Gasteiger partial charge in [0.25, 0.3) is 5.91 Å². The molecule has 0 saturated carbocycles. The van der Waals surface area contributed by atoms with E-state index >= 15 is 0 Å². The minimum absolute atomic E-state index is 0.199. The number of benzene rings is 2. The van der Waals surface area contributed by atoms with Gasteiger partial charge in [-0.3, -0.25) is 9.59 Å². The summed E-state index contributed by atoms with van der Waals surface area (Å²) < 4.78 is 19.6. The number of carbonyl (C=O) groups is 2. The van der Waals surface area contributed by atoms with Gasteiger partial charge in [0.05, 0.1) is 11.1 Å². The number of carbonyl (C=O) groups excluding carboxylic acids is 2. The second-order valence-corrected chi connectivity index (χ2v) is 8.41. The fourth-order valence-corrected chi connectivity index (χ4v) is 4.60. The molecule has 4 rings (SSSR count). The summed E-state index contributed by atoms with van der Waals surface area (Å²) >= 11 is 13.4. The zero-order valence-corrected chi connectivity index (χ0v) is 17.7. The number of nitrogens with zero attached hydrogens (tertiary/aromatic N) is 1. The summed E-state index contributed by atoms with van der Waals surface area (Å²) in [4.78, 5) is 27.8. The van der Waals surface area contributed by atoms with Crippen LogP contribution in [0, 0.1) is 5.82 Å². The van der Waals surface area contributed by atoms with Crippen LogP contribution in [0.15, 0.2) is 53.9 Å². The molecule has 0 spiro atoms. The number of hydrogen-bond donors (Lipinski definition) is 1. The smallest absolute Gasteiger partial charge is 0.261 e. The number of hydrogen-bond acceptors (Lipinski definition) is 4. The third kappa shape index (κ3) is 4.28. The molecule has 1 aliphatic heterocycles. The van der Waals surface area contributed by atoms with Crippen molar-refractivity contribution in [3.63, 3.8) is 0 Å². The average Bonchev–Trinajstić information content (AvgIpc) is 3.18. The largest absolute Gasteiger partial charge is 0.482 e. The predicted molar refractivity (Wildman–Crippen MR) is 115 cm³/mol. The molecule has 0 saturated heterocycles. The molecule has 1 N–H and O–H groups in total. The average molecular weight is 465 g/mol. The molecule has 1 unspecified atom stereocenters. The van der Waals surface area contributed by atoms with Gasteiger partial charge in [-0.2, -0.15) is 0 Å². The summed E-state index contributed by atoms with van der Waals surface area (Å²) in [5, 5.41) is 5.32. The summed E-state index contributed by atoms with van der Waals surface area (Å²) in [5.74, 6) is -0.970. The Morgan fingerprint density at radius 1 is 1.23 bits per heavy atom. The van der Waals surface area contributed by atoms with Crippen LogP contribution in [0.3, 0.4) is 0 Å². The van der Waals surface area contributed by atoms with E-state index in [-0.39, 0.29) is 24.1 Å². The van der Waals surface area contributed by atoms with Crippen molar-refractivity contribution in [1.82, 2.24) is 4.90 Å². The number of thiophene rings is 1. The van der Waals surface area contributed by atoms with Gasteiger partial charge in [-0.15, -0.1) is 11.3 Å². The number of nitrogens with one attached hydrogen (secondary N) is 1. The first-order valence-corrected chi connectivity index (χ1v) is 10.6. The van der Waals surface area contributed by atoms with Crippen molar-refractivity contribution in [2.24, 2.45) is 0 Å². The Bertz CT molecular complexity index is 1110. The van der Waals surface area contributed by atoms with Crippen molar-refractivity contribution in [3.8, 4) is 5.75 Å². The van der Waals surface area contributed by atoms with E-state index in [0.717, 1.165) is 4.88 Å². The molecule has 154 valence electrons. The fourth-order valence-electron chi connectivity index (χ4n) is 3.28. The van der Waals surface area contributed by atoms with Crippen LogP contribution in [-0.2, 0) is 9.59 Å². The van der Waals surface area contributed by atoms with E-state index in [1.54, 1.807) is 12.1 Å². The highest BCUT2D eigenvalue weighted by atomic mass is 35.5. The van der Waals surface area contributed by atoms with Gasteiger partial charge in [0.15, 0.2) is 6.61 Å². The molecule has 1 aliphatic rings. The normalized spacial score (nSPS) is 15.9. The van der Waals surface area contributed by atoms with Gasteiger partial charge in [-0.05, 0) is 47.8 Å². The molecule has 2 aromatic carbocycles. The molecule has 1 atom stereocenters. The standard InChI is InChI=1S/C21H15Cl2FN2O3S/c22-12-3-6-17(15(23)8-12)29-11-20(28)26-10-19(27)25-16-5-4-13(24)9-14(16)21(26)18-2-1-7-30-18/h1-9,21H,10-11H2,(H,25,27). The van der Waals surface area contributed by atoms with Crippen LogP contribution < -0.4 is 10.1 Å². The molecule has 5 nitrogen and oxygen atoms in total. The van der Waals surface area contributed by atoms with Gasteiger partial charge >= 0.3 is 0 Å². The number of amides is 2. The third-order valence-electron chi connectivity index (χ3n) is 4.59. The van der Waals surface area contributed by atoms with Crippen LogP contribution in [0.4, 0.5) is 10.1 Å². The molecular weight excluding hydrogens is 450 g/mol. The van der Waals surface area contributed by atoms with Crippen LogP contribution in [0.5, 0.6) is 5.75 Å². The Morgan fingerprint density at radius 2 is 2.07 bits per heavy atom. The first-order valence-electron chi connectivity index (χ1n) is 8.92. The van der Waals surface area contributed by atoms with E-state index in [0.29, 0.717) is 22.0 Å². The number of rotatable bonds is 4. The van der Waals surface area contributed by atoms with Crippen molar-refractivity contribution in [1.29, 1.82) is 0 Å². The highest BCUT2D eigenvalue weighted by Crippen LogP contribution is 2.38. The first-order chi connectivity index (χ1) is 14.4. The molecule has 3 aromatic rings. The Balaban J connectivity index is 1.67. The SMILES string of the molecule is O=C1CN(C(=O)COc2ccc(Cl)cc2Cl)C(c2cccs2)c2cc(F)ccc2N1. The highest BCUT2D eigenvalue weighted by molar-refractivity contribution is 7.10. The van der Waals surface area contributed by atoms with Crippen LogP contribution in [0.1, 0.15) is 16.5 Å². The van der Waals surface area contributed by atoms with E-state index in [1.807, 2.05) is 17.5 Å². The monoisotopic (exact) mass is 464 g/mol. The summed E-state index contributed by atoms with van der Waals surface area (Å²) in [5.41, 5.74) is 0.970. The summed E-state index contributed by atoms with van der Waals surface area (Å²) in [7, 11) is 0. The fraction of sp³-hybridized carbons (Fsp3) is 0.143. The zero-order chi connectivity index (χ0) is 21.3. The number of anilines is 1. The Labute approximate surface area is 186 Å². The number of fused-ring (bicyclic) bond motifs is 1. The van der Waals surface area contributed by atoms with Crippen LogP contribution in [0.2, 0.25) is 10.0 Å². The van der Waals surface area contributed by atoms with Crippen LogP contribution >= 0.6 is 34.5 Å². The van der Waals surface area contributed by atoms with Gasteiger partial charge < -0.3 is 15.0 Å². The van der Waals surface area contributed by atoms with Crippen LogP contribution in [-0.4, -0.2) is 29.9 Å². The van der Waals surface area contributed by atoms with Crippen molar-refractivity contribution in [3.05, 3.63) is 80.2 Å².